The Morgan fingerprint density at radius 1 is 1.36 bits per heavy atom. The van der Waals surface area contributed by atoms with Crippen molar-refractivity contribution in [3.63, 3.8) is 0 Å². The number of methoxy groups -OCH3 is 1. The topological polar surface area (TPSA) is 21.3 Å². The van der Waals surface area contributed by atoms with Gasteiger partial charge >= 0.3 is 0 Å². The molecule has 1 heterocycles. The Kier molecular flexibility index (Phi) is 5.16. The molecule has 0 saturated heterocycles. The molecular formula is C19H25NOS. The van der Waals surface area contributed by atoms with Crippen molar-refractivity contribution in [3.05, 3.63) is 51.7 Å². The van der Waals surface area contributed by atoms with Crippen LogP contribution in [0.3, 0.4) is 0 Å². The number of thiophene rings is 1. The van der Waals surface area contributed by atoms with E-state index >= 15 is 0 Å². The highest BCUT2D eigenvalue weighted by Crippen LogP contribution is 2.40. The average molecular weight is 315 g/mol. The first-order valence-electron chi connectivity index (χ1n) is 8.16. The van der Waals surface area contributed by atoms with Crippen LogP contribution in [0.15, 0.2) is 35.7 Å². The van der Waals surface area contributed by atoms with Crippen molar-refractivity contribution in [2.75, 3.05) is 20.7 Å². The monoisotopic (exact) mass is 315 g/mol. The van der Waals surface area contributed by atoms with Crippen LogP contribution in [0.25, 0.3) is 0 Å². The second-order valence-corrected chi connectivity index (χ2v) is 7.14. The molecule has 0 aliphatic heterocycles. The molecule has 2 atom stereocenters. The maximum Gasteiger partial charge on any atom is 0.119 e. The maximum atomic E-state index is 5.44. The Morgan fingerprint density at radius 3 is 3.00 bits per heavy atom. The Morgan fingerprint density at radius 2 is 2.27 bits per heavy atom. The molecule has 2 aromatic rings. The van der Waals surface area contributed by atoms with Crippen LogP contribution in [0.2, 0.25) is 0 Å². The van der Waals surface area contributed by atoms with E-state index in [1.807, 2.05) is 11.3 Å². The van der Waals surface area contributed by atoms with Crippen molar-refractivity contribution < 1.29 is 4.74 Å². The summed E-state index contributed by atoms with van der Waals surface area (Å²) in [6.07, 6.45) is 5.04. The first-order valence-corrected chi connectivity index (χ1v) is 9.04. The smallest absolute Gasteiger partial charge is 0.119 e. The lowest BCUT2D eigenvalue weighted by Gasteiger charge is -2.29. The van der Waals surface area contributed by atoms with E-state index in [4.69, 9.17) is 4.74 Å². The standard InChI is InChI=1S/C19H25NOS/c1-20-13-16(19-7-4-10-22-19)11-15-6-3-5-14-8-9-17(21-2)12-18(14)15/h4,7-10,12,15-16,20H,3,5-6,11,13H2,1-2H3. The summed E-state index contributed by atoms with van der Waals surface area (Å²) in [6.45, 7) is 1.05. The highest BCUT2D eigenvalue weighted by atomic mass is 32.1. The van der Waals surface area contributed by atoms with Crippen LogP contribution in [0.4, 0.5) is 0 Å². The van der Waals surface area contributed by atoms with E-state index < -0.39 is 0 Å². The van der Waals surface area contributed by atoms with Gasteiger partial charge in [0.2, 0.25) is 0 Å². The van der Waals surface area contributed by atoms with Crippen molar-refractivity contribution in [1.29, 1.82) is 0 Å². The molecule has 1 aromatic heterocycles. The lowest BCUT2D eigenvalue weighted by molar-refractivity contribution is 0.410. The minimum Gasteiger partial charge on any atom is -0.497 e. The van der Waals surface area contributed by atoms with Gasteiger partial charge in [0, 0.05) is 17.3 Å². The molecule has 0 fully saturated rings. The molecular weight excluding hydrogens is 290 g/mol. The zero-order valence-corrected chi connectivity index (χ0v) is 14.3. The summed E-state index contributed by atoms with van der Waals surface area (Å²) in [5, 5.41) is 5.56. The first kappa shape index (κ1) is 15.6. The number of hydrogen-bond donors (Lipinski definition) is 1. The van der Waals surface area contributed by atoms with Gasteiger partial charge < -0.3 is 10.1 Å². The highest BCUT2D eigenvalue weighted by molar-refractivity contribution is 7.10. The Bertz CT molecular complexity index is 593. The molecule has 0 radical (unpaired) electrons. The number of fused-ring (bicyclic) bond motifs is 1. The molecule has 118 valence electrons. The predicted molar refractivity (Wildman–Crippen MR) is 94.3 cm³/mol. The van der Waals surface area contributed by atoms with Crippen LogP contribution in [0, 0.1) is 0 Å². The van der Waals surface area contributed by atoms with E-state index in [1.165, 1.54) is 41.7 Å². The highest BCUT2D eigenvalue weighted by Gasteiger charge is 2.25. The number of likely N-dealkylation sites (N-methyl/N-ethyl adjacent to an activating group) is 1. The Hall–Kier alpha value is -1.32. The second kappa shape index (κ2) is 7.30. The van der Waals surface area contributed by atoms with Crippen LogP contribution >= 0.6 is 11.3 Å². The van der Waals surface area contributed by atoms with E-state index in [9.17, 15) is 0 Å². The van der Waals surface area contributed by atoms with Gasteiger partial charge in [-0.1, -0.05) is 12.1 Å². The number of ether oxygens (including phenoxy) is 1. The third-order valence-corrected chi connectivity index (χ3v) is 5.79. The minimum absolute atomic E-state index is 0.604. The van der Waals surface area contributed by atoms with Gasteiger partial charge in [0.15, 0.2) is 0 Å². The molecule has 1 aliphatic rings. The summed E-state index contributed by atoms with van der Waals surface area (Å²) in [6, 6.07) is 11.1. The van der Waals surface area contributed by atoms with E-state index in [0.717, 1.165) is 12.3 Å². The SMILES string of the molecule is CNCC(CC1CCCc2ccc(OC)cc21)c1cccs1. The van der Waals surface area contributed by atoms with E-state index in [0.29, 0.717) is 11.8 Å². The number of aryl methyl sites for hydroxylation is 1. The van der Waals surface area contributed by atoms with Crippen LogP contribution in [0.1, 0.15) is 47.1 Å². The van der Waals surface area contributed by atoms with Crippen LogP contribution in [-0.2, 0) is 6.42 Å². The molecule has 0 spiro atoms. The summed E-state index contributed by atoms with van der Waals surface area (Å²) in [7, 11) is 3.81. The molecule has 2 nitrogen and oxygen atoms in total. The van der Waals surface area contributed by atoms with Gasteiger partial charge in [0.1, 0.15) is 5.75 Å². The van der Waals surface area contributed by atoms with Crippen LogP contribution in [0.5, 0.6) is 5.75 Å². The first-order chi connectivity index (χ1) is 10.8. The van der Waals surface area contributed by atoms with Crippen molar-refractivity contribution >= 4 is 11.3 Å². The molecule has 0 saturated carbocycles. The fourth-order valence-electron chi connectivity index (χ4n) is 3.66. The van der Waals surface area contributed by atoms with Gasteiger partial charge in [0.05, 0.1) is 7.11 Å². The van der Waals surface area contributed by atoms with Gasteiger partial charge in [0.25, 0.3) is 0 Å². The summed E-state index contributed by atoms with van der Waals surface area (Å²) in [5.41, 5.74) is 3.04. The van der Waals surface area contributed by atoms with Gasteiger partial charge in [-0.3, -0.25) is 0 Å². The average Bonchev–Trinajstić information content (AvgIpc) is 3.08. The molecule has 1 N–H and O–H groups in total. The van der Waals surface area contributed by atoms with E-state index in [-0.39, 0.29) is 0 Å². The van der Waals surface area contributed by atoms with Gasteiger partial charge in [-0.25, -0.2) is 0 Å². The van der Waals surface area contributed by atoms with Crippen molar-refractivity contribution in [3.8, 4) is 5.75 Å². The molecule has 1 aliphatic carbocycles. The van der Waals surface area contributed by atoms with Gasteiger partial charge in [-0.15, -0.1) is 11.3 Å². The number of hydrogen-bond acceptors (Lipinski definition) is 3. The summed E-state index contributed by atoms with van der Waals surface area (Å²) in [5.74, 6) is 2.25. The molecule has 0 amide bonds. The fraction of sp³-hybridized carbons (Fsp3) is 0.474. The van der Waals surface area contributed by atoms with E-state index in [1.54, 1.807) is 7.11 Å². The molecule has 3 heteroatoms. The fourth-order valence-corrected chi connectivity index (χ4v) is 4.50. The number of rotatable bonds is 6. The van der Waals surface area contributed by atoms with Gasteiger partial charge in [-0.2, -0.15) is 0 Å². The molecule has 1 aromatic carbocycles. The largest absolute Gasteiger partial charge is 0.497 e. The van der Waals surface area contributed by atoms with Crippen molar-refractivity contribution in [1.82, 2.24) is 5.32 Å². The summed E-state index contributed by atoms with van der Waals surface area (Å²) >= 11 is 1.88. The summed E-state index contributed by atoms with van der Waals surface area (Å²) in [4.78, 5) is 1.50. The molecule has 3 rings (SSSR count). The lowest BCUT2D eigenvalue weighted by atomic mass is 9.78. The van der Waals surface area contributed by atoms with Gasteiger partial charge in [-0.05, 0) is 73.4 Å². The Balaban J connectivity index is 1.83. The predicted octanol–water partition coefficient (Wildman–Crippen LogP) is 4.57. The zero-order valence-electron chi connectivity index (χ0n) is 13.5. The van der Waals surface area contributed by atoms with E-state index in [2.05, 4.69) is 48.1 Å². The normalized spacial score (nSPS) is 18.7. The third-order valence-electron chi connectivity index (χ3n) is 4.76. The minimum atomic E-state index is 0.604. The van der Waals surface area contributed by atoms with Crippen LogP contribution in [-0.4, -0.2) is 20.7 Å². The van der Waals surface area contributed by atoms with Crippen LogP contribution < -0.4 is 10.1 Å². The number of nitrogens with one attached hydrogen (secondary N) is 1. The van der Waals surface area contributed by atoms with Crippen molar-refractivity contribution in [2.24, 2.45) is 0 Å². The third kappa shape index (κ3) is 3.36. The van der Waals surface area contributed by atoms with Crippen molar-refractivity contribution in [2.45, 2.75) is 37.5 Å². The second-order valence-electron chi connectivity index (χ2n) is 6.16. The zero-order chi connectivity index (χ0) is 15.4. The molecule has 0 bridgehead atoms. The number of benzene rings is 1. The lowest BCUT2D eigenvalue weighted by Crippen LogP contribution is -2.20. The quantitative estimate of drug-likeness (QED) is 0.843. The Labute approximate surface area is 137 Å². The summed E-state index contributed by atoms with van der Waals surface area (Å²) < 4.78 is 5.44. The molecule has 22 heavy (non-hydrogen) atoms. The maximum absolute atomic E-state index is 5.44. The molecule has 2 unspecified atom stereocenters.